The van der Waals surface area contributed by atoms with Crippen LogP contribution in [-0.4, -0.2) is 39.1 Å². The SMILES string of the molecule is Cn1ncc2c1ncn1nc(CCn3nc(C(F)(F)F)cc3C3CC3)nc21. The van der Waals surface area contributed by atoms with Gasteiger partial charge < -0.3 is 0 Å². The first kappa shape index (κ1) is 16.2. The maximum atomic E-state index is 13.0. The summed E-state index contributed by atoms with van der Waals surface area (Å²) < 4.78 is 43.7. The van der Waals surface area contributed by atoms with E-state index in [1.165, 1.54) is 4.68 Å². The summed E-state index contributed by atoms with van der Waals surface area (Å²) in [5.74, 6) is 0.695. The molecular weight excluding hydrogens is 361 g/mol. The van der Waals surface area contributed by atoms with Crippen LogP contribution in [-0.2, 0) is 26.2 Å². The number of aromatic nitrogens is 8. The predicted molar refractivity (Wildman–Crippen MR) is 88.0 cm³/mol. The zero-order valence-electron chi connectivity index (χ0n) is 14.3. The summed E-state index contributed by atoms with van der Waals surface area (Å²) in [5.41, 5.74) is 1.12. The summed E-state index contributed by atoms with van der Waals surface area (Å²) >= 11 is 0. The van der Waals surface area contributed by atoms with Gasteiger partial charge in [0, 0.05) is 31.6 Å². The molecule has 1 aliphatic carbocycles. The molecule has 4 aromatic rings. The van der Waals surface area contributed by atoms with E-state index in [9.17, 15) is 13.2 Å². The summed E-state index contributed by atoms with van der Waals surface area (Å²) in [6.45, 7) is 0.294. The van der Waals surface area contributed by atoms with Crippen LogP contribution in [0, 0.1) is 0 Å². The fraction of sp³-hybridized carbons (Fsp3) is 0.438. The summed E-state index contributed by atoms with van der Waals surface area (Å²) in [4.78, 5) is 8.80. The van der Waals surface area contributed by atoms with Crippen molar-refractivity contribution in [3.8, 4) is 0 Å². The van der Waals surface area contributed by atoms with Gasteiger partial charge in [0.2, 0.25) is 0 Å². The van der Waals surface area contributed by atoms with Crippen molar-refractivity contribution in [2.24, 2.45) is 7.05 Å². The van der Waals surface area contributed by atoms with E-state index < -0.39 is 11.9 Å². The Labute approximate surface area is 150 Å². The van der Waals surface area contributed by atoms with Crippen molar-refractivity contribution in [2.75, 3.05) is 0 Å². The van der Waals surface area contributed by atoms with Crippen LogP contribution in [0.25, 0.3) is 16.7 Å². The van der Waals surface area contributed by atoms with Gasteiger partial charge in [0.15, 0.2) is 22.8 Å². The number of alkyl halides is 3. The molecule has 4 aromatic heterocycles. The van der Waals surface area contributed by atoms with Crippen LogP contribution in [0.1, 0.15) is 36.0 Å². The highest BCUT2D eigenvalue weighted by molar-refractivity contribution is 5.88. The summed E-state index contributed by atoms with van der Waals surface area (Å²) in [7, 11) is 1.79. The Morgan fingerprint density at radius 1 is 1.19 bits per heavy atom. The number of hydrogen-bond acceptors (Lipinski definition) is 5. The lowest BCUT2D eigenvalue weighted by atomic mass is 10.2. The third-order valence-corrected chi connectivity index (χ3v) is 4.76. The van der Waals surface area contributed by atoms with Gasteiger partial charge in [-0.25, -0.2) is 14.5 Å². The largest absolute Gasteiger partial charge is 0.435 e. The van der Waals surface area contributed by atoms with E-state index in [0.29, 0.717) is 35.8 Å². The molecule has 1 aliphatic rings. The van der Waals surface area contributed by atoms with E-state index in [-0.39, 0.29) is 5.92 Å². The molecule has 0 spiro atoms. The zero-order chi connectivity index (χ0) is 18.8. The number of aryl methyl sites for hydroxylation is 3. The second-order valence-electron chi connectivity index (χ2n) is 6.75. The second-order valence-corrected chi connectivity index (χ2v) is 6.75. The van der Waals surface area contributed by atoms with Crippen LogP contribution in [0.15, 0.2) is 18.6 Å². The Bertz CT molecular complexity index is 1150. The Kier molecular flexibility index (Phi) is 3.31. The number of nitrogens with zero attached hydrogens (tertiary/aromatic N) is 8. The van der Waals surface area contributed by atoms with E-state index >= 15 is 0 Å². The van der Waals surface area contributed by atoms with Gasteiger partial charge in [-0.2, -0.15) is 23.4 Å². The molecule has 0 saturated heterocycles. The van der Waals surface area contributed by atoms with Gasteiger partial charge in [0.05, 0.1) is 11.6 Å². The van der Waals surface area contributed by atoms with Gasteiger partial charge in [-0.1, -0.05) is 0 Å². The molecule has 0 radical (unpaired) electrons. The van der Waals surface area contributed by atoms with E-state index in [1.807, 2.05) is 0 Å². The maximum Gasteiger partial charge on any atom is 0.435 e. The van der Waals surface area contributed by atoms with Crippen LogP contribution >= 0.6 is 0 Å². The molecule has 0 atom stereocenters. The third kappa shape index (κ3) is 2.73. The smallest absolute Gasteiger partial charge is 0.268 e. The van der Waals surface area contributed by atoms with Crippen LogP contribution in [0.4, 0.5) is 13.2 Å². The summed E-state index contributed by atoms with van der Waals surface area (Å²) in [5, 5.41) is 13.1. The number of hydrogen-bond donors (Lipinski definition) is 0. The highest BCUT2D eigenvalue weighted by Crippen LogP contribution is 2.42. The third-order valence-electron chi connectivity index (χ3n) is 4.76. The highest BCUT2D eigenvalue weighted by Gasteiger charge is 2.37. The van der Waals surface area contributed by atoms with Crippen LogP contribution in [0.2, 0.25) is 0 Å². The molecule has 1 saturated carbocycles. The second kappa shape index (κ2) is 5.51. The van der Waals surface area contributed by atoms with E-state index in [1.54, 1.807) is 28.8 Å². The first-order chi connectivity index (χ1) is 12.9. The normalized spacial score (nSPS) is 15.3. The van der Waals surface area contributed by atoms with Gasteiger partial charge in [-0.05, 0) is 18.9 Å². The maximum absolute atomic E-state index is 13.0. The first-order valence-electron chi connectivity index (χ1n) is 8.57. The van der Waals surface area contributed by atoms with E-state index in [0.717, 1.165) is 24.3 Å². The molecule has 0 amide bonds. The number of fused-ring (bicyclic) bond motifs is 3. The monoisotopic (exact) mass is 376 g/mol. The van der Waals surface area contributed by atoms with Crippen LogP contribution in [0.5, 0.6) is 0 Å². The van der Waals surface area contributed by atoms with Crippen molar-refractivity contribution >= 4 is 16.7 Å². The molecule has 0 bridgehead atoms. The van der Waals surface area contributed by atoms with E-state index in [4.69, 9.17) is 0 Å². The topological polar surface area (TPSA) is 78.7 Å². The molecule has 5 rings (SSSR count). The Balaban J connectivity index is 1.44. The molecule has 11 heteroatoms. The van der Waals surface area contributed by atoms with Crippen molar-refractivity contribution < 1.29 is 13.2 Å². The zero-order valence-corrected chi connectivity index (χ0v) is 14.3. The summed E-state index contributed by atoms with van der Waals surface area (Å²) in [6.07, 6.45) is 0.974. The highest BCUT2D eigenvalue weighted by atomic mass is 19.4. The fourth-order valence-electron chi connectivity index (χ4n) is 3.25. The summed E-state index contributed by atoms with van der Waals surface area (Å²) in [6, 6.07) is 1.16. The fourth-order valence-corrected chi connectivity index (χ4v) is 3.25. The predicted octanol–water partition coefficient (Wildman–Crippen LogP) is 2.35. The number of halogens is 3. The first-order valence-corrected chi connectivity index (χ1v) is 8.57. The quantitative estimate of drug-likeness (QED) is 0.546. The Morgan fingerprint density at radius 2 is 2.00 bits per heavy atom. The molecule has 140 valence electrons. The van der Waals surface area contributed by atoms with Crippen molar-refractivity contribution in [3.63, 3.8) is 0 Å². The molecule has 0 aliphatic heterocycles. The minimum atomic E-state index is -4.44. The van der Waals surface area contributed by atoms with Crippen LogP contribution < -0.4 is 0 Å². The van der Waals surface area contributed by atoms with Gasteiger partial charge in [-0.3, -0.25) is 9.36 Å². The Morgan fingerprint density at radius 3 is 2.74 bits per heavy atom. The van der Waals surface area contributed by atoms with Crippen molar-refractivity contribution in [1.29, 1.82) is 0 Å². The molecule has 1 fully saturated rings. The van der Waals surface area contributed by atoms with Gasteiger partial charge in [0.1, 0.15) is 6.33 Å². The van der Waals surface area contributed by atoms with Crippen molar-refractivity contribution in [2.45, 2.75) is 37.9 Å². The van der Waals surface area contributed by atoms with Gasteiger partial charge >= 0.3 is 6.18 Å². The van der Waals surface area contributed by atoms with Gasteiger partial charge in [0.25, 0.3) is 0 Å². The lowest BCUT2D eigenvalue weighted by molar-refractivity contribution is -0.141. The minimum absolute atomic E-state index is 0.168. The lowest BCUT2D eigenvalue weighted by Gasteiger charge is -2.04. The molecule has 4 heterocycles. The average Bonchev–Trinajstić information content (AvgIpc) is 3.05. The average molecular weight is 376 g/mol. The molecule has 8 nitrogen and oxygen atoms in total. The molecule has 0 aromatic carbocycles. The molecule has 27 heavy (non-hydrogen) atoms. The minimum Gasteiger partial charge on any atom is -0.268 e. The van der Waals surface area contributed by atoms with Crippen molar-refractivity contribution in [3.05, 3.63) is 35.8 Å². The van der Waals surface area contributed by atoms with Crippen LogP contribution in [0.3, 0.4) is 0 Å². The molecular formula is C16H15F3N8. The molecule has 0 N–H and O–H groups in total. The lowest BCUT2D eigenvalue weighted by Crippen LogP contribution is -2.10. The Hall–Kier alpha value is -2.98. The number of rotatable bonds is 4. The van der Waals surface area contributed by atoms with Gasteiger partial charge in [-0.15, -0.1) is 5.10 Å². The van der Waals surface area contributed by atoms with E-state index in [2.05, 4.69) is 25.3 Å². The van der Waals surface area contributed by atoms with Crippen molar-refractivity contribution in [1.82, 2.24) is 39.1 Å². The standard InChI is InChI=1S/C16H15F3N8/c1-25-14-10(7-21-25)15-22-13(24-27(15)8-20-14)4-5-26-11(9-2-3-9)6-12(23-26)16(17,18)19/h6-9H,2-5H2,1H3. The molecule has 0 unspecified atom stereocenters.